The molecule has 3 aromatic rings. The highest BCUT2D eigenvalue weighted by atomic mass is 16.5. The maximum absolute atomic E-state index is 12.0. The molecule has 3 rings (SSSR count). The normalized spacial score (nSPS) is 9.90. The van der Waals surface area contributed by atoms with Crippen LogP contribution < -0.4 is 20.3 Å². The molecule has 0 unspecified atom stereocenters. The Morgan fingerprint density at radius 3 is 1.94 bits per heavy atom. The molecule has 10 nitrogen and oxygen atoms in total. The Morgan fingerprint density at radius 1 is 0.880 bits per heavy atom. The number of unbranched alkanes of at least 4 members (excludes halogenated alkanes) is 2. The minimum Gasteiger partial charge on any atom is -0.496 e. The zero-order valence-electron chi connectivity index (χ0n) is 33.5. The number of amides is 1. The molecule has 0 aliphatic heterocycles. The third-order valence-corrected chi connectivity index (χ3v) is 6.76. The van der Waals surface area contributed by atoms with E-state index in [1.807, 2.05) is 95.0 Å². The predicted molar refractivity (Wildman–Crippen MR) is 213 cm³/mol. The van der Waals surface area contributed by atoms with Crippen LogP contribution in [0, 0.1) is 27.7 Å². The van der Waals surface area contributed by atoms with E-state index in [1.165, 1.54) is 50.1 Å². The first-order valence-electron chi connectivity index (χ1n) is 17.2. The molecule has 10 heteroatoms. The predicted octanol–water partition coefficient (Wildman–Crippen LogP) is 8.28. The van der Waals surface area contributed by atoms with Crippen molar-refractivity contribution in [2.24, 2.45) is 0 Å². The Morgan fingerprint density at radius 2 is 1.46 bits per heavy atom. The van der Waals surface area contributed by atoms with Gasteiger partial charge in [0.05, 0.1) is 12.8 Å². The van der Waals surface area contributed by atoms with Gasteiger partial charge in [0.15, 0.2) is 5.82 Å². The highest BCUT2D eigenvalue weighted by Gasteiger charge is 2.14. The SMILES string of the molecule is CC=O.CCC.CCCCCOC.COc1cc(N(C)c2c(C)ncnc2N)ccc1C.Cc1cc(C)cc(N(C)C(=O)/C=C/CN(C)C)c1. The summed E-state index contributed by atoms with van der Waals surface area (Å²) in [5.41, 5.74) is 12.9. The maximum atomic E-state index is 12.0. The number of ether oxygens (including phenoxy) is 2. The van der Waals surface area contributed by atoms with Crippen LogP contribution in [-0.2, 0) is 14.3 Å². The molecule has 1 aromatic heterocycles. The second kappa shape index (κ2) is 28.5. The number of carbonyl (C=O) groups excluding carboxylic acids is 2. The number of methoxy groups -OCH3 is 2. The van der Waals surface area contributed by atoms with Crippen molar-refractivity contribution in [2.45, 2.75) is 81.1 Å². The monoisotopic (exact) mass is 695 g/mol. The lowest BCUT2D eigenvalue weighted by atomic mass is 10.1. The largest absolute Gasteiger partial charge is 0.496 e. The lowest BCUT2D eigenvalue weighted by molar-refractivity contribution is -0.114. The number of aromatic nitrogens is 2. The molecule has 0 bridgehead atoms. The van der Waals surface area contributed by atoms with Crippen molar-refractivity contribution in [1.82, 2.24) is 14.9 Å². The molecule has 2 aromatic carbocycles. The molecule has 1 heterocycles. The number of hydrogen-bond donors (Lipinski definition) is 1. The topological polar surface area (TPSA) is 114 Å². The minimum absolute atomic E-state index is 0.00171. The number of rotatable bonds is 11. The summed E-state index contributed by atoms with van der Waals surface area (Å²) >= 11 is 0. The number of nitrogen functional groups attached to an aromatic ring is 1. The van der Waals surface area contributed by atoms with Crippen LogP contribution in [0.3, 0.4) is 0 Å². The summed E-state index contributed by atoms with van der Waals surface area (Å²) in [6.45, 7) is 17.6. The second-order valence-corrected chi connectivity index (χ2v) is 12.0. The molecule has 0 spiro atoms. The van der Waals surface area contributed by atoms with E-state index < -0.39 is 0 Å². The van der Waals surface area contributed by atoms with Gasteiger partial charge in [-0.2, -0.15) is 0 Å². The molecule has 0 fully saturated rings. The highest BCUT2D eigenvalue weighted by Crippen LogP contribution is 2.32. The zero-order valence-corrected chi connectivity index (χ0v) is 33.5. The van der Waals surface area contributed by atoms with Gasteiger partial charge in [0.2, 0.25) is 5.91 Å². The molecule has 0 saturated carbocycles. The number of anilines is 4. The van der Waals surface area contributed by atoms with E-state index in [2.05, 4.69) is 36.8 Å². The van der Waals surface area contributed by atoms with Gasteiger partial charge in [-0.25, -0.2) is 9.97 Å². The van der Waals surface area contributed by atoms with Crippen molar-refractivity contribution in [1.29, 1.82) is 0 Å². The lowest BCUT2D eigenvalue weighted by Gasteiger charge is -2.22. The summed E-state index contributed by atoms with van der Waals surface area (Å²) in [7, 11) is 11.1. The summed E-state index contributed by atoms with van der Waals surface area (Å²) < 4.78 is 10.2. The molecule has 0 atom stereocenters. The molecular weight excluding hydrogens is 628 g/mol. The molecule has 280 valence electrons. The third-order valence-electron chi connectivity index (χ3n) is 6.76. The molecule has 0 aliphatic rings. The average Bonchev–Trinajstić information content (AvgIpc) is 3.05. The number of likely N-dealkylation sites (N-methyl/N-ethyl adjacent to an activating group) is 2. The first-order chi connectivity index (χ1) is 23.7. The number of carbonyl (C=O) groups is 2. The molecule has 0 radical (unpaired) electrons. The Hall–Kier alpha value is -4.28. The van der Waals surface area contributed by atoms with Gasteiger partial charge in [-0.15, -0.1) is 0 Å². The van der Waals surface area contributed by atoms with Crippen molar-refractivity contribution >= 4 is 35.1 Å². The fourth-order valence-corrected chi connectivity index (χ4v) is 4.29. The maximum Gasteiger partial charge on any atom is 0.250 e. The van der Waals surface area contributed by atoms with E-state index in [1.54, 1.807) is 32.2 Å². The molecule has 1 amide bonds. The van der Waals surface area contributed by atoms with E-state index in [4.69, 9.17) is 20.0 Å². The molecular formula is C40H66N6O4. The number of aryl methyl sites for hydroxylation is 4. The molecule has 2 N–H and O–H groups in total. The minimum atomic E-state index is 0.00171. The molecule has 0 saturated heterocycles. The van der Waals surface area contributed by atoms with Crippen molar-refractivity contribution < 1.29 is 19.1 Å². The van der Waals surface area contributed by atoms with Gasteiger partial charge >= 0.3 is 0 Å². The van der Waals surface area contributed by atoms with Gasteiger partial charge in [-0.1, -0.05) is 58.2 Å². The fraction of sp³-hybridized carbons (Fsp3) is 0.500. The summed E-state index contributed by atoms with van der Waals surface area (Å²) in [6.07, 6.45) is 10.8. The van der Waals surface area contributed by atoms with E-state index in [0.29, 0.717) is 5.82 Å². The Labute approximate surface area is 303 Å². The van der Waals surface area contributed by atoms with E-state index >= 15 is 0 Å². The van der Waals surface area contributed by atoms with Gasteiger partial charge < -0.3 is 34.7 Å². The van der Waals surface area contributed by atoms with Crippen LogP contribution in [0.5, 0.6) is 5.75 Å². The fourth-order valence-electron chi connectivity index (χ4n) is 4.29. The van der Waals surface area contributed by atoms with E-state index in [-0.39, 0.29) is 5.91 Å². The lowest BCUT2D eigenvalue weighted by Crippen LogP contribution is -2.24. The van der Waals surface area contributed by atoms with Gasteiger partial charge in [0, 0.05) is 57.9 Å². The third kappa shape index (κ3) is 20.3. The summed E-state index contributed by atoms with van der Waals surface area (Å²) in [6, 6.07) is 12.1. The Balaban J connectivity index is 0. The number of hydrogen-bond acceptors (Lipinski definition) is 9. The van der Waals surface area contributed by atoms with Crippen LogP contribution in [0.15, 0.2) is 54.9 Å². The van der Waals surface area contributed by atoms with E-state index in [0.717, 1.165) is 53.5 Å². The molecule has 0 aliphatic carbocycles. The van der Waals surface area contributed by atoms with Gasteiger partial charge in [-0.05, 0) is 90.0 Å². The van der Waals surface area contributed by atoms with Crippen LogP contribution in [0.2, 0.25) is 0 Å². The van der Waals surface area contributed by atoms with Crippen LogP contribution in [0.4, 0.5) is 22.9 Å². The average molecular weight is 695 g/mol. The van der Waals surface area contributed by atoms with Crippen molar-refractivity contribution in [3.8, 4) is 5.75 Å². The number of aldehydes is 1. The Kier molecular flexibility index (Phi) is 27.3. The first kappa shape index (κ1) is 47.8. The van der Waals surface area contributed by atoms with Crippen molar-refractivity contribution in [3.05, 3.63) is 77.3 Å². The Bertz CT molecular complexity index is 1350. The molecule has 50 heavy (non-hydrogen) atoms. The van der Waals surface area contributed by atoms with Crippen molar-refractivity contribution in [2.75, 3.05) is 71.1 Å². The summed E-state index contributed by atoms with van der Waals surface area (Å²) in [4.78, 5) is 34.6. The summed E-state index contributed by atoms with van der Waals surface area (Å²) in [5.74, 6) is 1.31. The zero-order chi connectivity index (χ0) is 38.6. The highest BCUT2D eigenvalue weighted by molar-refractivity contribution is 6.01. The number of nitrogens with zero attached hydrogens (tertiary/aromatic N) is 5. The second-order valence-electron chi connectivity index (χ2n) is 12.0. The smallest absolute Gasteiger partial charge is 0.250 e. The number of benzene rings is 2. The van der Waals surface area contributed by atoms with Crippen molar-refractivity contribution in [3.63, 3.8) is 0 Å². The van der Waals surface area contributed by atoms with Gasteiger partial charge in [-0.3, -0.25) is 4.79 Å². The van der Waals surface area contributed by atoms with Crippen LogP contribution in [-0.4, -0.2) is 82.6 Å². The summed E-state index contributed by atoms with van der Waals surface area (Å²) in [5, 5.41) is 0. The van der Waals surface area contributed by atoms with Crippen LogP contribution in [0.25, 0.3) is 0 Å². The van der Waals surface area contributed by atoms with Crippen LogP contribution in [0.1, 0.15) is 75.8 Å². The standard InChI is InChI=1S/C15H22N2O.C14H18N4O.C6H14O.C3H8.C2H4O/c1-12-9-13(2)11-14(10-12)17(5)15(18)7-6-8-16(3)4;1-9-5-6-11(7-12(9)19-4)18(3)13-10(2)16-8-17-14(13)15;1-3-4-5-6-7-2;1-3-2;1-2-3/h6-7,9-11H,8H2,1-5H3;5-8H,1-4H3,(H2,15,16,17);3-6H2,1-2H3;3H2,1-2H3;2H,1H3/b7-6+;;;;. The number of nitrogens with two attached hydrogens (primary N) is 1. The van der Waals surface area contributed by atoms with Gasteiger partial charge in [0.25, 0.3) is 0 Å². The van der Waals surface area contributed by atoms with Gasteiger partial charge in [0.1, 0.15) is 24.1 Å². The first-order valence-corrected chi connectivity index (χ1v) is 17.2. The van der Waals surface area contributed by atoms with Crippen LogP contribution >= 0.6 is 0 Å². The quantitative estimate of drug-likeness (QED) is 0.120. The van der Waals surface area contributed by atoms with E-state index in [9.17, 15) is 4.79 Å².